The van der Waals surface area contributed by atoms with Gasteiger partial charge in [-0.15, -0.1) is 0 Å². The van der Waals surface area contributed by atoms with Crippen LogP contribution in [0.5, 0.6) is 0 Å². The van der Waals surface area contributed by atoms with E-state index in [1.165, 1.54) is 11.1 Å². The second-order valence-electron chi connectivity index (χ2n) is 4.43. The van der Waals surface area contributed by atoms with Crippen molar-refractivity contribution in [3.63, 3.8) is 0 Å². The molecular weight excluding hydrogens is 310 g/mol. The van der Waals surface area contributed by atoms with Crippen molar-refractivity contribution in [2.45, 2.75) is 20.4 Å². The minimum atomic E-state index is 0.723. The van der Waals surface area contributed by atoms with Gasteiger partial charge in [-0.05, 0) is 64.7 Å². The SMILES string of the molecule is Cc1ccc(CNc2ccc(C)cc2Br)c(Cl)c1. The van der Waals surface area contributed by atoms with Crippen molar-refractivity contribution in [1.82, 2.24) is 0 Å². The Morgan fingerprint density at radius 1 is 1.06 bits per heavy atom. The molecule has 0 amide bonds. The average molecular weight is 325 g/mol. The van der Waals surface area contributed by atoms with Crippen molar-refractivity contribution >= 4 is 33.2 Å². The van der Waals surface area contributed by atoms with E-state index in [2.05, 4.69) is 58.5 Å². The number of anilines is 1. The van der Waals surface area contributed by atoms with Gasteiger partial charge in [0.2, 0.25) is 0 Å². The summed E-state index contributed by atoms with van der Waals surface area (Å²) in [6.45, 7) is 4.84. The summed E-state index contributed by atoms with van der Waals surface area (Å²) in [5.74, 6) is 0. The molecule has 94 valence electrons. The van der Waals surface area contributed by atoms with E-state index < -0.39 is 0 Å². The average Bonchev–Trinajstić information content (AvgIpc) is 2.30. The lowest BCUT2D eigenvalue weighted by Gasteiger charge is -2.11. The van der Waals surface area contributed by atoms with E-state index in [4.69, 9.17) is 11.6 Å². The molecule has 0 unspecified atom stereocenters. The van der Waals surface area contributed by atoms with Crippen LogP contribution in [0.25, 0.3) is 0 Å². The topological polar surface area (TPSA) is 12.0 Å². The van der Waals surface area contributed by atoms with E-state index in [1.807, 2.05) is 13.0 Å². The first-order chi connectivity index (χ1) is 8.56. The van der Waals surface area contributed by atoms with Crippen LogP contribution in [0, 0.1) is 13.8 Å². The van der Waals surface area contributed by atoms with Gasteiger partial charge in [0.25, 0.3) is 0 Å². The maximum atomic E-state index is 6.21. The molecule has 0 bridgehead atoms. The molecule has 0 saturated carbocycles. The highest BCUT2D eigenvalue weighted by Gasteiger charge is 2.03. The fraction of sp³-hybridized carbons (Fsp3) is 0.200. The third-order valence-corrected chi connectivity index (χ3v) is 3.81. The van der Waals surface area contributed by atoms with Gasteiger partial charge in [-0.2, -0.15) is 0 Å². The summed E-state index contributed by atoms with van der Waals surface area (Å²) in [5.41, 5.74) is 4.60. The minimum absolute atomic E-state index is 0.723. The van der Waals surface area contributed by atoms with Gasteiger partial charge in [0.1, 0.15) is 0 Å². The molecule has 18 heavy (non-hydrogen) atoms. The molecule has 2 aromatic carbocycles. The molecule has 2 aromatic rings. The third-order valence-electron chi connectivity index (χ3n) is 2.80. The second kappa shape index (κ2) is 5.77. The lowest BCUT2D eigenvalue weighted by Crippen LogP contribution is -2.01. The van der Waals surface area contributed by atoms with Gasteiger partial charge >= 0.3 is 0 Å². The van der Waals surface area contributed by atoms with E-state index >= 15 is 0 Å². The van der Waals surface area contributed by atoms with Crippen LogP contribution in [-0.2, 0) is 6.54 Å². The maximum absolute atomic E-state index is 6.21. The predicted molar refractivity (Wildman–Crippen MR) is 82.4 cm³/mol. The van der Waals surface area contributed by atoms with Crippen molar-refractivity contribution in [2.75, 3.05) is 5.32 Å². The molecule has 0 aromatic heterocycles. The molecule has 0 aliphatic carbocycles. The molecule has 0 saturated heterocycles. The van der Waals surface area contributed by atoms with E-state index in [1.54, 1.807) is 0 Å². The molecule has 0 heterocycles. The molecule has 2 rings (SSSR count). The predicted octanol–water partition coefficient (Wildman–Crippen LogP) is 5.33. The van der Waals surface area contributed by atoms with Gasteiger partial charge in [0.05, 0.1) is 0 Å². The van der Waals surface area contributed by atoms with Crippen molar-refractivity contribution in [2.24, 2.45) is 0 Å². The normalized spacial score (nSPS) is 10.4. The lowest BCUT2D eigenvalue weighted by molar-refractivity contribution is 1.14. The van der Waals surface area contributed by atoms with Crippen molar-refractivity contribution in [1.29, 1.82) is 0 Å². The zero-order valence-electron chi connectivity index (χ0n) is 10.4. The molecule has 1 N–H and O–H groups in total. The van der Waals surface area contributed by atoms with Crippen molar-refractivity contribution < 1.29 is 0 Å². The molecule has 0 radical (unpaired) electrons. The Labute approximate surface area is 121 Å². The van der Waals surface area contributed by atoms with Crippen LogP contribution in [0.3, 0.4) is 0 Å². The summed E-state index contributed by atoms with van der Waals surface area (Å²) in [7, 11) is 0. The van der Waals surface area contributed by atoms with Crippen LogP contribution in [0.4, 0.5) is 5.69 Å². The van der Waals surface area contributed by atoms with E-state index in [9.17, 15) is 0 Å². The Morgan fingerprint density at radius 3 is 2.39 bits per heavy atom. The van der Waals surface area contributed by atoms with E-state index in [0.717, 1.165) is 27.3 Å². The van der Waals surface area contributed by atoms with Gasteiger partial charge in [0, 0.05) is 21.7 Å². The molecule has 0 spiro atoms. The Hall–Kier alpha value is -0.990. The van der Waals surface area contributed by atoms with Crippen molar-refractivity contribution in [3.05, 3.63) is 62.6 Å². The second-order valence-corrected chi connectivity index (χ2v) is 5.69. The number of nitrogens with one attached hydrogen (secondary N) is 1. The quantitative estimate of drug-likeness (QED) is 0.804. The van der Waals surface area contributed by atoms with Crippen LogP contribution in [0.2, 0.25) is 5.02 Å². The molecular formula is C15H15BrClN. The number of benzene rings is 2. The number of hydrogen-bond acceptors (Lipinski definition) is 1. The summed E-state index contributed by atoms with van der Waals surface area (Å²) in [6, 6.07) is 12.4. The molecule has 0 aliphatic heterocycles. The van der Waals surface area contributed by atoms with E-state index in [0.29, 0.717) is 0 Å². The fourth-order valence-electron chi connectivity index (χ4n) is 1.75. The zero-order valence-corrected chi connectivity index (χ0v) is 12.8. The number of halogens is 2. The Morgan fingerprint density at radius 2 is 1.72 bits per heavy atom. The Kier molecular flexibility index (Phi) is 4.31. The van der Waals surface area contributed by atoms with Crippen LogP contribution in [0.15, 0.2) is 40.9 Å². The monoisotopic (exact) mass is 323 g/mol. The first-order valence-corrected chi connectivity index (χ1v) is 6.98. The first-order valence-electron chi connectivity index (χ1n) is 5.81. The number of aryl methyl sites for hydroxylation is 2. The highest BCUT2D eigenvalue weighted by Crippen LogP contribution is 2.25. The number of rotatable bonds is 3. The summed E-state index contributed by atoms with van der Waals surface area (Å²) in [6.07, 6.45) is 0. The van der Waals surface area contributed by atoms with Gasteiger partial charge in [0.15, 0.2) is 0 Å². The van der Waals surface area contributed by atoms with Gasteiger partial charge < -0.3 is 5.32 Å². The smallest absolute Gasteiger partial charge is 0.0487 e. The van der Waals surface area contributed by atoms with Crippen LogP contribution < -0.4 is 5.32 Å². The Bertz CT molecular complexity index is 515. The Balaban J connectivity index is 2.11. The van der Waals surface area contributed by atoms with Crippen LogP contribution in [-0.4, -0.2) is 0 Å². The zero-order chi connectivity index (χ0) is 13.1. The molecule has 0 aliphatic rings. The molecule has 1 nitrogen and oxygen atoms in total. The molecule has 0 fully saturated rings. The first kappa shape index (κ1) is 13.4. The summed E-state index contributed by atoms with van der Waals surface area (Å²) in [5, 5.41) is 4.20. The van der Waals surface area contributed by atoms with Crippen LogP contribution >= 0.6 is 27.5 Å². The van der Waals surface area contributed by atoms with Gasteiger partial charge in [-0.3, -0.25) is 0 Å². The minimum Gasteiger partial charge on any atom is -0.380 e. The summed E-state index contributed by atoms with van der Waals surface area (Å²) >= 11 is 9.76. The van der Waals surface area contributed by atoms with E-state index in [-0.39, 0.29) is 0 Å². The molecule has 3 heteroatoms. The standard InChI is InChI=1S/C15H15BrClN/c1-10-4-6-15(13(16)7-10)18-9-12-5-3-11(2)8-14(12)17/h3-8,18H,9H2,1-2H3. The third kappa shape index (κ3) is 3.27. The molecule has 0 atom stereocenters. The summed E-state index contributed by atoms with van der Waals surface area (Å²) < 4.78 is 1.07. The summed E-state index contributed by atoms with van der Waals surface area (Å²) in [4.78, 5) is 0. The highest BCUT2D eigenvalue weighted by atomic mass is 79.9. The maximum Gasteiger partial charge on any atom is 0.0487 e. The largest absolute Gasteiger partial charge is 0.380 e. The lowest BCUT2D eigenvalue weighted by atomic mass is 10.1. The van der Waals surface area contributed by atoms with Crippen LogP contribution in [0.1, 0.15) is 16.7 Å². The highest BCUT2D eigenvalue weighted by molar-refractivity contribution is 9.10. The van der Waals surface area contributed by atoms with Gasteiger partial charge in [-0.1, -0.05) is 29.8 Å². The van der Waals surface area contributed by atoms with Crippen molar-refractivity contribution in [3.8, 4) is 0 Å². The number of hydrogen-bond donors (Lipinski definition) is 1. The van der Waals surface area contributed by atoms with Gasteiger partial charge in [-0.25, -0.2) is 0 Å². The fourth-order valence-corrected chi connectivity index (χ4v) is 2.69.